The summed E-state index contributed by atoms with van der Waals surface area (Å²) in [4.78, 5) is 26.2. The number of halogens is 1. The molecule has 3 rings (SSSR count). The zero-order chi connectivity index (χ0) is 20.3. The summed E-state index contributed by atoms with van der Waals surface area (Å²) in [6, 6.07) is 9.00. The molecule has 0 spiro atoms. The number of nitrogens with zero attached hydrogens (tertiary/aromatic N) is 2. The molecule has 0 unspecified atom stereocenters. The first-order valence-corrected chi connectivity index (χ1v) is 10.3. The number of sulfonamides is 1. The molecule has 1 aromatic heterocycles. The van der Waals surface area contributed by atoms with Gasteiger partial charge in [-0.05, 0) is 18.2 Å². The minimum atomic E-state index is -4.24. The van der Waals surface area contributed by atoms with Crippen LogP contribution < -0.4 is 10.0 Å². The van der Waals surface area contributed by atoms with Crippen molar-refractivity contribution in [3.05, 3.63) is 74.7 Å². The summed E-state index contributed by atoms with van der Waals surface area (Å²) in [6.07, 6.45) is 1.47. The van der Waals surface area contributed by atoms with Crippen LogP contribution in [0.3, 0.4) is 0 Å². The van der Waals surface area contributed by atoms with Crippen molar-refractivity contribution in [1.29, 1.82) is 0 Å². The van der Waals surface area contributed by atoms with Crippen molar-refractivity contribution in [2.45, 2.75) is 4.90 Å². The van der Waals surface area contributed by atoms with Crippen LogP contribution in [0.1, 0.15) is 10.4 Å². The maximum absolute atomic E-state index is 12.7. The molecule has 12 heteroatoms. The summed E-state index contributed by atoms with van der Waals surface area (Å²) in [7, 11) is -4.24. The molecule has 0 aliphatic carbocycles. The van der Waals surface area contributed by atoms with Crippen molar-refractivity contribution in [3.8, 4) is 0 Å². The summed E-state index contributed by atoms with van der Waals surface area (Å²) in [5.41, 5.74) is -0.653. The highest BCUT2D eigenvalue weighted by molar-refractivity contribution is 7.92. The molecule has 2 aromatic carbocycles. The number of carbonyl (C=O) groups is 1. The molecule has 0 bridgehead atoms. The Morgan fingerprint density at radius 2 is 1.96 bits per heavy atom. The highest BCUT2D eigenvalue weighted by Crippen LogP contribution is 2.27. The molecule has 0 aliphatic heterocycles. The van der Waals surface area contributed by atoms with E-state index in [9.17, 15) is 23.3 Å². The summed E-state index contributed by atoms with van der Waals surface area (Å²) in [6.45, 7) is 0. The third-order valence-electron chi connectivity index (χ3n) is 3.45. The maximum Gasteiger partial charge on any atom is 0.271 e. The molecule has 1 heterocycles. The molecule has 1 amide bonds. The van der Waals surface area contributed by atoms with E-state index in [0.717, 1.165) is 29.5 Å². The summed E-state index contributed by atoms with van der Waals surface area (Å²) >= 11 is 7.10. The van der Waals surface area contributed by atoms with Crippen LogP contribution in [0, 0.1) is 10.1 Å². The summed E-state index contributed by atoms with van der Waals surface area (Å²) in [5.74, 6) is -0.729. The zero-order valence-corrected chi connectivity index (χ0v) is 16.2. The number of non-ortho nitro benzene ring substituents is 1. The van der Waals surface area contributed by atoms with Gasteiger partial charge in [0.1, 0.15) is 0 Å². The minimum Gasteiger partial charge on any atom is -0.298 e. The highest BCUT2D eigenvalue weighted by Gasteiger charge is 2.23. The number of hydrogen-bond donors (Lipinski definition) is 2. The Labute approximate surface area is 168 Å². The Balaban J connectivity index is 2.00. The fraction of sp³-hybridized carbons (Fsp3) is 0. The van der Waals surface area contributed by atoms with Gasteiger partial charge in [-0.2, -0.15) is 0 Å². The standard InChI is InChI=1S/C16H11ClN4O5S2/c17-13-3-1-2-4-14(13)20-28(25,26)12-8-10(7-11(9-12)21(23)24)15(22)19-16-18-5-6-27-16/h1-9,20H,(H,18,19,22). The molecule has 0 saturated heterocycles. The molecule has 2 N–H and O–H groups in total. The lowest BCUT2D eigenvalue weighted by Crippen LogP contribution is -2.16. The van der Waals surface area contributed by atoms with Crippen molar-refractivity contribution in [1.82, 2.24) is 4.98 Å². The van der Waals surface area contributed by atoms with Crippen LogP contribution in [-0.4, -0.2) is 24.2 Å². The quantitative estimate of drug-likeness (QED) is 0.445. The van der Waals surface area contributed by atoms with E-state index < -0.39 is 31.4 Å². The zero-order valence-electron chi connectivity index (χ0n) is 13.8. The Morgan fingerprint density at radius 1 is 1.21 bits per heavy atom. The number of rotatable bonds is 6. The lowest BCUT2D eigenvalue weighted by Gasteiger charge is -2.11. The lowest BCUT2D eigenvalue weighted by molar-refractivity contribution is -0.385. The second-order valence-electron chi connectivity index (χ2n) is 5.35. The third kappa shape index (κ3) is 4.44. The largest absolute Gasteiger partial charge is 0.298 e. The monoisotopic (exact) mass is 438 g/mol. The fourth-order valence-electron chi connectivity index (χ4n) is 2.18. The van der Waals surface area contributed by atoms with Gasteiger partial charge < -0.3 is 0 Å². The van der Waals surface area contributed by atoms with E-state index in [0.29, 0.717) is 0 Å². The van der Waals surface area contributed by atoms with Gasteiger partial charge in [0.15, 0.2) is 5.13 Å². The van der Waals surface area contributed by atoms with Crippen LogP contribution in [0.2, 0.25) is 5.02 Å². The molecule has 3 aromatic rings. The molecule has 9 nitrogen and oxygen atoms in total. The second kappa shape index (κ2) is 7.92. The molecule has 0 fully saturated rings. The normalized spacial score (nSPS) is 11.0. The van der Waals surface area contributed by atoms with Gasteiger partial charge in [-0.3, -0.25) is 24.9 Å². The van der Waals surface area contributed by atoms with Gasteiger partial charge >= 0.3 is 0 Å². The van der Waals surface area contributed by atoms with E-state index in [4.69, 9.17) is 11.6 Å². The number of nitro groups is 1. The summed E-state index contributed by atoms with van der Waals surface area (Å²) < 4.78 is 27.6. The third-order valence-corrected chi connectivity index (χ3v) is 5.81. The number of nitrogens with one attached hydrogen (secondary N) is 2. The van der Waals surface area contributed by atoms with Gasteiger partial charge in [-0.25, -0.2) is 13.4 Å². The molecule has 0 saturated carbocycles. The number of hydrogen-bond acceptors (Lipinski definition) is 7. The van der Waals surface area contributed by atoms with Gasteiger partial charge in [-0.15, -0.1) is 11.3 Å². The molecule has 28 heavy (non-hydrogen) atoms. The predicted molar refractivity (Wildman–Crippen MR) is 105 cm³/mol. The highest BCUT2D eigenvalue weighted by atomic mass is 35.5. The van der Waals surface area contributed by atoms with E-state index in [2.05, 4.69) is 15.0 Å². The number of anilines is 2. The van der Waals surface area contributed by atoms with Gasteiger partial charge in [0, 0.05) is 29.3 Å². The van der Waals surface area contributed by atoms with Crippen molar-refractivity contribution in [2.75, 3.05) is 10.0 Å². The van der Waals surface area contributed by atoms with Crippen molar-refractivity contribution in [3.63, 3.8) is 0 Å². The van der Waals surface area contributed by atoms with E-state index >= 15 is 0 Å². The van der Waals surface area contributed by atoms with E-state index in [-0.39, 0.29) is 21.4 Å². The molecule has 144 valence electrons. The SMILES string of the molecule is O=C(Nc1nccs1)c1cc([N+](=O)[O-])cc(S(=O)(=O)Nc2ccccc2Cl)c1. The average molecular weight is 439 g/mol. The van der Waals surface area contributed by atoms with Crippen molar-refractivity contribution in [2.24, 2.45) is 0 Å². The number of thiazole rings is 1. The van der Waals surface area contributed by atoms with Crippen LogP contribution in [0.4, 0.5) is 16.5 Å². The van der Waals surface area contributed by atoms with E-state index in [1.807, 2.05) is 0 Å². The number of nitro benzene ring substituents is 1. The topological polar surface area (TPSA) is 131 Å². The molecule has 0 radical (unpaired) electrons. The smallest absolute Gasteiger partial charge is 0.271 e. The first-order valence-electron chi connectivity index (χ1n) is 7.54. The van der Waals surface area contributed by atoms with Crippen LogP contribution in [0.15, 0.2) is 58.9 Å². The van der Waals surface area contributed by atoms with E-state index in [1.54, 1.807) is 17.5 Å². The molecular weight excluding hydrogens is 428 g/mol. The van der Waals surface area contributed by atoms with Gasteiger partial charge in [0.05, 0.1) is 20.5 Å². The predicted octanol–water partition coefficient (Wildman–Crippen LogP) is 3.76. The number of para-hydroxylation sites is 1. The number of aromatic nitrogens is 1. The van der Waals surface area contributed by atoms with Gasteiger partial charge in [0.2, 0.25) is 0 Å². The van der Waals surface area contributed by atoms with Gasteiger partial charge in [0.25, 0.3) is 21.6 Å². The lowest BCUT2D eigenvalue weighted by atomic mass is 10.2. The Bertz CT molecular complexity index is 1150. The van der Waals surface area contributed by atoms with Crippen molar-refractivity contribution < 1.29 is 18.1 Å². The van der Waals surface area contributed by atoms with Crippen molar-refractivity contribution >= 4 is 55.4 Å². The second-order valence-corrected chi connectivity index (χ2v) is 8.33. The number of benzene rings is 2. The number of carbonyl (C=O) groups excluding carboxylic acids is 1. The molecular formula is C16H11ClN4O5S2. The van der Waals surface area contributed by atoms with Crippen LogP contribution >= 0.6 is 22.9 Å². The van der Waals surface area contributed by atoms with E-state index in [1.165, 1.54) is 18.3 Å². The number of amides is 1. The fourth-order valence-corrected chi connectivity index (χ4v) is 4.08. The Morgan fingerprint density at radius 3 is 2.61 bits per heavy atom. The molecule has 0 atom stereocenters. The van der Waals surface area contributed by atoms with Crippen LogP contribution in [0.5, 0.6) is 0 Å². The first kappa shape index (κ1) is 19.7. The Kier molecular flexibility index (Phi) is 5.58. The summed E-state index contributed by atoms with van der Waals surface area (Å²) in [5, 5.41) is 15.7. The molecule has 0 aliphatic rings. The minimum absolute atomic E-state index is 0.101. The average Bonchev–Trinajstić information content (AvgIpc) is 3.16. The van der Waals surface area contributed by atoms with Crippen LogP contribution in [-0.2, 0) is 10.0 Å². The van der Waals surface area contributed by atoms with Gasteiger partial charge in [-0.1, -0.05) is 23.7 Å². The first-order chi connectivity index (χ1) is 13.3. The Hall–Kier alpha value is -3.02. The van der Waals surface area contributed by atoms with Crippen LogP contribution in [0.25, 0.3) is 0 Å². The maximum atomic E-state index is 12.7.